The van der Waals surface area contributed by atoms with E-state index < -0.39 is 5.69 Å². The summed E-state index contributed by atoms with van der Waals surface area (Å²) in [6.07, 6.45) is 0.823. The van der Waals surface area contributed by atoms with Gasteiger partial charge in [-0.1, -0.05) is 54.1 Å². The molecule has 0 fully saturated rings. The van der Waals surface area contributed by atoms with Gasteiger partial charge < -0.3 is 9.88 Å². The molecule has 0 atom stereocenters. The predicted octanol–water partition coefficient (Wildman–Crippen LogP) is 2.79. The fourth-order valence-electron chi connectivity index (χ4n) is 3.48. The average molecular weight is 424 g/mol. The van der Waals surface area contributed by atoms with Gasteiger partial charge in [-0.05, 0) is 29.7 Å². The first-order valence-electron chi connectivity index (χ1n) is 9.64. The molecule has 0 amide bonds. The first kappa shape index (κ1) is 20.0. The first-order valence-corrected chi connectivity index (χ1v) is 10.0. The van der Waals surface area contributed by atoms with Crippen LogP contribution in [0.25, 0.3) is 11.2 Å². The number of fused-ring (bicyclic) bond motifs is 1. The molecule has 2 aromatic carbocycles. The second-order valence-electron chi connectivity index (χ2n) is 7.19. The maximum Gasteiger partial charge on any atom is 0.332 e. The number of nitrogens with zero attached hydrogens (tertiary/aromatic N) is 4. The Bertz CT molecular complexity index is 1300. The Balaban J connectivity index is 1.67. The fraction of sp³-hybridized carbons (Fsp3) is 0.227. The summed E-state index contributed by atoms with van der Waals surface area (Å²) >= 11 is 5.93. The molecule has 2 aromatic heterocycles. The highest BCUT2D eigenvalue weighted by molar-refractivity contribution is 6.30. The summed E-state index contributed by atoms with van der Waals surface area (Å²) in [4.78, 5) is 30.5. The van der Waals surface area contributed by atoms with Crippen LogP contribution in [-0.4, -0.2) is 25.2 Å². The Morgan fingerprint density at radius 2 is 1.63 bits per heavy atom. The molecule has 4 rings (SSSR count). The first-order chi connectivity index (χ1) is 14.5. The van der Waals surface area contributed by atoms with E-state index in [9.17, 15) is 9.59 Å². The van der Waals surface area contributed by atoms with Gasteiger partial charge in [-0.15, -0.1) is 0 Å². The molecular weight excluding hydrogens is 402 g/mol. The van der Waals surface area contributed by atoms with E-state index in [0.717, 1.165) is 12.0 Å². The summed E-state index contributed by atoms with van der Waals surface area (Å²) in [5.74, 6) is 0.553. The second kappa shape index (κ2) is 8.20. The number of imidazole rings is 1. The lowest BCUT2D eigenvalue weighted by Gasteiger charge is -2.09. The normalized spacial score (nSPS) is 11.2. The van der Waals surface area contributed by atoms with Crippen molar-refractivity contribution >= 4 is 28.7 Å². The van der Waals surface area contributed by atoms with Gasteiger partial charge in [-0.25, -0.2) is 4.79 Å². The minimum atomic E-state index is -0.406. The summed E-state index contributed by atoms with van der Waals surface area (Å²) in [5.41, 5.74) is 2.00. The van der Waals surface area contributed by atoms with E-state index in [1.54, 1.807) is 42.9 Å². The van der Waals surface area contributed by atoms with Crippen molar-refractivity contribution in [3.05, 3.63) is 91.6 Å². The molecule has 7 nitrogen and oxygen atoms in total. The van der Waals surface area contributed by atoms with Crippen LogP contribution in [0.5, 0.6) is 0 Å². The fourth-order valence-corrected chi connectivity index (χ4v) is 3.60. The van der Waals surface area contributed by atoms with Crippen molar-refractivity contribution in [2.75, 3.05) is 11.9 Å². The number of rotatable bonds is 6. The van der Waals surface area contributed by atoms with Crippen LogP contribution in [0.1, 0.15) is 11.1 Å². The summed E-state index contributed by atoms with van der Waals surface area (Å²) in [5, 5.41) is 3.88. The molecular formula is C22H22ClN5O2. The topological polar surface area (TPSA) is 73.8 Å². The van der Waals surface area contributed by atoms with Gasteiger partial charge in [0.15, 0.2) is 11.2 Å². The van der Waals surface area contributed by atoms with E-state index >= 15 is 0 Å². The zero-order valence-electron chi connectivity index (χ0n) is 16.8. The van der Waals surface area contributed by atoms with Gasteiger partial charge in [0.2, 0.25) is 5.95 Å². The summed E-state index contributed by atoms with van der Waals surface area (Å²) < 4.78 is 4.34. The third kappa shape index (κ3) is 3.76. The largest absolute Gasteiger partial charge is 0.355 e. The molecule has 0 spiro atoms. The third-order valence-electron chi connectivity index (χ3n) is 5.15. The van der Waals surface area contributed by atoms with Gasteiger partial charge >= 0.3 is 5.69 Å². The highest BCUT2D eigenvalue weighted by Crippen LogP contribution is 2.14. The van der Waals surface area contributed by atoms with Crippen molar-refractivity contribution in [2.24, 2.45) is 14.1 Å². The maximum atomic E-state index is 13.1. The van der Waals surface area contributed by atoms with Crippen LogP contribution in [0, 0.1) is 0 Å². The second-order valence-corrected chi connectivity index (χ2v) is 7.62. The van der Waals surface area contributed by atoms with E-state index in [-0.39, 0.29) is 12.1 Å². The Morgan fingerprint density at radius 3 is 2.33 bits per heavy atom. The minimum Gasteiger partial charge on any atom is -0.355 e. The van der Waals surface area contributed by atoms with Crippen LogP contribution in [-0.2, 0) is 27.1 Å². The van der Waals surface area contributed by atoms with E-state index in [4.69, 9.17) is 11.6 Å². The molecule has 0 unspecified atom stereocenters. The van der Waals surface area contributed by atoms with Crippen molar-refractivity contribution in [1.29, 1.82) is 0 Å². The molecule has 0 radical (unpaired) electrons. The molecule has 0 saturated heterocycles. The predicted molar refractivity (Wildman–Crippen MR) is 119 cm³/mol. The number of halogens is 1. The van der Waals surface area contributed by atoms with Gasteiger partial charge in [0.25, 0.3) is 5.56 Å². The van der Waals surface area contributed by atoms with Gasteiger partial charge in [-0.2, -0.15) is 4.98 Å². The van der Waals surface area contributed by atoms with Crippen LogP contribution in [0.3, 0.4) is 0 Å². The molecule has 4 aromatic rings. The monoisotopic (exact) mass is 423 g/mol. The van der Waals surface area contributed by atoms with Crippen LogP contribution >= 0.6 is 11.6 Å². The van der Waals surface area contributed by atoms with Crippen molar-refractivity contribution < 1.29 is 0 Å². The summed E-state index contributed by atoms with van der Waals surface area (Å²) in [6.45, 7) is 0.828. The zero-order chi connectivity index (χ0) is 21.3. The van der Waals surface area contributed by atoms with Gasteiger partial charge in [0.1, 0.15) is 0 Å². The van der Waals surface area contributed by atoms with E-state index in [2.05, 4.69) is 22.4 Å². The minimum absolute atomic E-state index is 0.167. The maximum absolute atomic E-state index is 13.1. The van der Waals surface area contributed by atoms with Crippen molar-refractivity contribution in [2.45, 2.75) is 13.0 Å². The van der Waals surface area contributed by atoms with Gasteiger partial charge in [-0.3, -0.25) is 13.9 Å². The lowest BCUT2D eigenvalue weighted by Crippen LogP contribution is -2.39. The van der Waals surface area contributed by atoms with Gasteiger partial charge in [0.05, 0.1) is 6.54 Å². The number of benzene rings is 2. The summed E-state index contributed by atoms with van der Waals surface area (Å²) in [6, 6.07) is 17.2. The van der Waals surface area contributed by atoms with Gasteiger partial charge in [0, 0.05) is 25.7 Å². The molecule has 30 heavy (non-hydrogen) atoms. The quantitative estimate of drug-likeness (QED) is 0.517. The lowest BCUT2D eigenvalue weighted by atomic mass is 10.1. The average Bonchev–Trinajstić information content (AvgIpc) is 3.08. The number of aromatic nitrogens is 4. The Hall–Kier alpha value is -3.32. The van der Waals surface area contributed by atoms with Crippen LogP contribution in [0.2, 0.25) is 5.02 Å². The van der Waals surface area contributed by atoms with Crippen LogP contribution < -0.4 is 16.6 Å². The third-order valence-corrected chi connectivity index (χ3v) is 5.41. The SMILES string of the molecule is Cn1c(NCCc2ccccc2)nc2c1c(=O)n(Cc1ccc(Cl)cc1)c(=O)n2C. The molecule has 0 aliphatic heterocycles. The van der Waals surface area contributed by atoms with E-state index in [1.807, 2.05) is 18.2 Å². The molecule has 8 heteroatoms. The van der Waals surface area contributed by atoms with Crippen molar-refractivity contribution in [3.63, 3.8) is 0 Å². The van der Waals surface area contributed by atoms with E-state index in [1.165, 1.54) is 14.7 Å². The van der Waals surface area contributed by atoms with Crippen molar-refractivity contribution in [3.8, 4) is 0 Å². The Kier molecular flexibility index (Phi) is 5.46. The standard InChI is InChI=1S/C22H22ClN5O2/c1-26-18-19(25-21(26)24-13-12-15-6-4-3-5-7-15)27(2)22(30)28(20(18)29)14-16-8-10-17(23)11-9-16/h3-11H,12-14H2,1-2H3,(H,24,25). The number of hydrogen-bond donors (Lipinski definition) is 1. The zero-order valence-corrected chi connectivity index (χ0v) is 17.6. The highest BCUT2D eigenvalue weighted by atomic mass is 35.5. The molecule has 0 saturated carbocycles. The molecule has 154 valence electrons. The lowest BCUT2D eigenvalue weighted by molar-refractivity contribution is 0.655. The number of aryl methyl sites for hydroxylation is 2. The highest BCUT2D eigenvalue weighted by Gasteiger charge is 2.18. The Labute approximate surface area is 178 Å². The van der Waals surface area contributed by atoms with E-state index in [0.29, 0.717) is 28.7 Å². The number of hydrogen-bond acceptors (Lipinski definition) is 4. The smallest absolute Gasteiger partial charge is 0.332 e. The molecule has 1 N–H and O–H groups in total. The summed E-state index contributed by atoms with van der Waals surface area (Å²) in [7, 11) is 3.40. The van der Waals surface area contributed by atoms with Crippen molar-refractivity contribution in [1.82, 2.24) is 18.7 Å². The number of nitrogens with one attached hydrogen (secondary N) is 1. The number of anilines is 1. The molecule has 0 aliphatic rings. The molecule has 0 aliphatic carbocycles. The molecule has 0 bridgehead atoms. The van der Waals surface area contributed by atoms with Crippen LogP contribution in [0.4, 0.5) is 5.95 Å². The molecule has 2 heterocycles. The van der Waals surface area contributed by atoms with Crippen LogP contribution in [0.15, 0.2) is 64.2 Å². The Morgan fingerprint density at radius 1 is 0.933 bits per heavy atom.